The van der Waals surface area contributed by atoms with Crippen LogP contribution in [0.25, 0.3) is 11.0 Å². The van der Waals surface area contributed by atoms with Gasteiger partial charge in [-0.15, -0.1) is 0 Å². The van der Waals surface area contributed by atoms with Crippen LogP contribution in [-0.2, 0) is 10.0 Å². The highest BCUT2D eigenvalue weighted by Gasteiger charge is 2.34. The van der Waals surface area contributed by atoms with E-state index in [9.17, 15) is 8.42 Å². The molecule has 0 N–H and O–H groups in total. The smallest absolute Gasteiger partial charge is 0.207 e. The Morgan fingerprint density at radius 2 is 1.85 bits per heavy atom. The van der Waals surface area contributed by atoms with E-state index in [0.717, 1.165) is 43.0 Å². The van der Waals surface area contributed by atoms with Crippen LogP contribution in [0.1, 0.15) is 42.9 Å². The number of aryl methyl sites for hydroxylation is 1. The quantitative estimate of drug-likeness (QED) is 0.672. The van der Waals surface area contributed by atoms with Crippen molar-refractivity contribution < 1.29 is 8.42 Å². The first-order valence-electron chi connectivity index (χ1n) is 8.87. The lowest BCUT2D eigenvalue weighted by molar-refractivity contribution is 0.329. The van der Waals surface area contributed by atoms with Crippen molar-refractivity contribution in [3.05, 3.63) is 53.6 Å². The van der Waals surface area contributed by atoms with E-state index in [2.05, 4.69) is 33.0 Å². The van der Waals surface area contributed by atoms with Crippen molar-refractivity contribution in [1.29, 1.82) is 0 Å². The van der Waals surface area contributed by atoms with Gasteiger partial charge in [-0.3, -0.25) is 0 Å². The second-order valence-corrected chi connectivity index (χ2v) is 9.17. The maximum atomic E-state index is 13.6. The van der Waals surface area contributed by atoms with Gasteiger partial charge in [-0.2, -0.15) is 13.1 Å². The number of rotatable bonds is 3. The standard InChI is InChI=1S/C19H21N3O2S2/c1-14-9-11-15(12-10-14)17-7-3-2-4-13-22(17)26(23,24)18-8-5-6-16-19(18)21-25-20-16/h5-6,8-12,17H,2-4,7,13H2,1H3/t17-/m1/s1. The predicted molar refractivity (Wildman–Crippen MR) is 104 cm³/mol. The zero-order valence-electron chi connectivity index (χ0n) is 14.6. The number of hydrogen-bond donors (Lipinski definition) is 0. The first-order chi connectivity index (χ1) is 12.6. The van der Waals surface area contributed by atoms with Gasteiger partial charge in [0.05, 0.1) is 17.8 Å². The zero-order chi connectivity index (χ0) is 18.1. The Hall–Kier alpha value is -1.83. The Balaban J connectivity index is 1.81. The number of fused-ring (bicyclic) bond motifs is 1. The lowest BCUT2D eigenvalue weighted by Crippen LogP contribution is -2.35. The number of nitrogens with zero attached hydrogens (tertiary/aromatic N) is 3. The molecule has 4 rings (SSSR count). The van der Waals surface area contributed by atoms with Crippen LogP contribution < -0.4 is 0 Å². The highest BCUT2D eigenvalue weighted by molar-refractivity contribution is 7.89. The first-order valence-corrected chi connectivity index (χ1v) is 11.0. The van der Waals surface area contributed by atoms with E-state index in [1.54, 1.807) is 22.5 Å². The maximum Gasteiger partial charge on any atom is 0.245 e. The third-order valence-electron chi connectivity index (χ3n) is 5.00. The Kier molecular flexibility index (Phi) is 4.77. The van der Waals surface area contributed by atoms with Gasteiger partial charge < -0.3 is 0 Å². The first kappa shape index (κ1) is 17.6. The van der Waals surface area contributed by atoms with E-state index in [1.165, 1.54) is 5.56 Å². The van der Waals surface area contributed by atoms with Gasteiger partial charge in [0.1, 0.15) is 15.9 Å². The van der Waals surface area contributed by atoms with Gasteiger partial charge in [-0.05, 0) is 37.5 Å². The molecule has 0 saturated carbocycles. The summed E-state index contributed by atoms with van der Waals surface area (Å²) in [7, 11) is -3.65. The van der Waals surface area contributed by atoms with Crippen molar-refractivity contribution in [3.8, 4) is 0 Å². The number of sulfonamides is 1. The molecule has 2 heterocycles. The van der Waals surface area contributed by atoms with Gasteiger partial charge in [0.25, 0.3) is 0 Å². The van der Waals surface area contributed by atoms with Crippen molar-refractivity contribution in [3.63, 3.8) is 0 Å². The minimum absolute atomic E-state index is 0.134. The van der Waals surface area contributed by atoms with Crippen LogP contribution >= 0.6 is 11.7 Å². The molecule has 26 heavy (non-hydrogen) atoms. The molecule has 1 aromatic heterocycles. The SMILES string of the molecule is Cc1ccc([C@H]2CCCCCN2S(=O)(=O)c2cccc3nsnc23)cc1. The van der Waals surface area contributed by atoms with Gasteiger partial charge >= 0.3 is 0 Å². The Morgan fingerprint density at radius 3 is 2.65 bits per heavy atom. The van der Waals surface area contributed by atoms with Crippen molar-refractivity contribution in [2.75, 3.05) is 6.54 Å². The highest BCUT2D eigenvalue weighted by atomic mass is 32.2. The second kappa shape index (κ2) is 7.06. The average Bonchev–Trinajstić information content (AvgIpc) is 2.98. The largest absolute Gasteiger partial charge is 0.245 e. The molecule has 1 aliphatic heterocycles. The number of aromatic nitrogens is 2. The summed E-state index contributed by atoms with van der Waals surface area (Å²) in [4.78, 5) is 0.266. The molecule has 1 saturated heterocycles. The Bertz CT molecular complexity index is 1010. The molecule has 1 atom stereocenters. The van der Waals surface area contributed by atoms with E-state index in [0.29, 0.717) is 17.6 Å². The second-order valence-electron chi connectivity index (χ2n) is 6.78. The van der Waals surface area contributed by atoms with Crippen LogP contribution in [0.3, 0.4) is 0 Å². The van der Waals surface area contributed by atoms with Crippen molar-refractivity contribution in [2.45, 2.75) is 43.5 Å². The van der Waals surface area contributed by atoms with E-state index in [4.69, 9.17) is 0 Å². The van der Waals surface area contributed by atoms with E-state index in [-0.39, 0.29) is 10.9 Å². The van der Waals surface area contributed by atoms with Crippen LogP contribution in [0, 0.1) is 6.92 Å². The minimum Gasteiger partial charge on any atom is -0.207 e. The van der Waals surface area contributed by atoms with Crippen LogP contribution in [0.5, 0.6) is 0 Å². The molecule has 0 amide bonds. The molecular weight excluding hydrogens is 366 g/mol. The minimum atomic E-state index is -3.65. The van der Waals surface area contributed by atoms with Crippen molar-refractivity contribution >= 4 is 32.8 Å². The summed E-state index contributed by atoms with van der Waals surface area (Å²) >= 11 is 1.05. The zero-order valence-corrected chi connectivity index (χ0v) is 16.3. The molecule has 136 valence electrons. The summed E-state index contributed by atoms with van der Waals surface area (Å²) in [6, 6.07) is 13.3. The summed E-state index contributed by atoms with van der Waals surface area (Å²) in [5.41, 5.74) is 3.35. The van der Waals surface area contributed by atoms with E-state index >= 15 is 0 Å². The predicted octanol–water partition coefficient (Wildman–Crippen LogP) is 4.31. The summed E-state index contributed by atoms with van der Waals surface area (Å²) in [6.45, 7) is 2.58. The molecule has 1 aliphatic rings. The fraction of sp³-hybridized carbons (Fsp3) is 0.368. The number of hydrogen-bond acceptors (Lipinski definition) is 5. The maximum absolute atomic E-state index is 13.6. The third kappa shape index (κ3) is 3.15. The van der Waals surface area contributed by atoms with Crippen LogP contribution in [0.2, 0.25) is 0 Å². The summed E-state index contributed by atoms with van der Waals surface area (Å²) in [5, 5.41) is 0. The fourth-order valence-electron chi connectivity index (χ4n) is 3.61. The summed E-state index contributed by atoms with van der Waals surface area (Å²) in [5.74, 6) is 0. The lowest BCUT2D eigenvalue weighted by Gasteiger charge is -2.29. The molecule has 5 nitrogen and oxygen atoms in total. The normalized spacial score (nSPS) is 19.5. The van der Waals surface area contributed by atoms with Crippen LogP contribution in [-0.4, -0.2) is 28.0 Å². The van der Waals surface area contributed by atoms with Crippen LogP contribution in [0.15, 0.2) is 47.4 Å². The van der Waals surface area contributed by atoms with Gasteiger partial charge in [-0.1, -0.05) is 48.7 Å². The number of benzene rings is 2. The Morgan fingerprint density at radius 1 is 1.04 bits per heavy atom. The molecular formula is C19H21N3O2S2. The molecule has 3 aromatic rings. The molecule has 2 aromatic carbocycles. The molecule has 0 radical (unpaired) electrons. The van der Waals surface area contributed by atoms with Gasteiger partial charge in [0.2, 0.25) is 10.0 Å². The van der Waals surface area contributed by atoms with Gasteiger partial charge in [-0.25, -0.2) is 8.42 Å². The molecule has 0 aliphatic carbocycles. The summed E-state index contributed by atoms with van der Waals surface area (Å²) in [6.07, 6.45) is 3.81. The summed E-state index contributed by atoms with van der Waals surface area (Å²) < 4.78 is 37.2. The van der Waals surface area contributed by atoms with E-state index < -0.39 is 10.0 Å². The van der Waals surface area contributed by atoms with Crippen LogP contribution in [0.4, 0.5) is 0 Å². The monoisotopic (exact) mass is 387 g/mol. The molecule has 7 heteroatoms. The topological polar surface area (TPSA) is 63.2 Å². The Labute approximate surface area is 158 Å². The third-order valence-corrected chi connectivity index (χ3v) is 7.48. The average molecular weight is 388 g/mol. The lowest BCUT2D eigenvalue weighted by atomic mass is 10.0. The fourth-order valence-corrected chi connectivity index (χ4v) is 6.04. The van der Waals surface area contributed by atoms with Gasteiger partial charge in [0.15, 0.2) is 0 Å². The van der Waals surface area contributed by atoms with Crippen molar-refractivity contribution in [1.82, 2.24) is 13.1 Å². The molecule has 1 fully saturated rings. The molecule has 0 spiro atoms. The molecule has 0 unspecified atom stereocenters. The van der Waals surface area contributed by atoms with Crippen molar-refractivity contribution in [2.24, 2.45) is 0 Å². The highest BCUT2D eigenvalue weighted by Crippen LogP contribution is 2.36. The van der Waals surface area contributed by atoms with Gasteiger partial charge in [0, 0.05) is 6.54 Å². The van der Waals surface area contributed by atoms with E-state index in [1.807, 2.05) is 6.92 Å². The molecule has 0 bridgehead atoms.